The molecule has 0 radical (unpaired) electrons. The first kappa shape index (κ1) is 70.1. The molecule has 6 aromatic heterocycles. The average Bonchev–Trinajstić information content (AvgIpc) is 1.53. The lowest BCUT2D eigenvalue weighted by Gasteiger charge is -2.14. The molecule has 0 aliphatic carbocycles. The van der Waals surface area contributed by atoms with Crippen molar-refractivity contribution in [2.45, 2.75) is 0 Å². The van der Waals surface area contributed by atoms with E-state index in [4.69, 9.17) is 34.9 Å². The second kappa shape index (κ2) is 29.4. The predicted octanol–water partition coefficient (Wildman–Crippen LogP) is 30.1. The summed E-state index contributed by atoms with van der Waals surface area (Å²) in [5, 5.41) is 11.7. The molecule has 6 heterocycles. The summed E-state index contributed by atoms with van der Waals surface area (Å²) in [6, 6.07) is 145. The van der Waals surface area contributed by atoms with Gasteiger partial charge in [0.2, 0.25) is 0 Å². The van der Waals surface area contributed by atoms with Crippen LogP contribution in [0.15, 0.2) is 406 Å². The lowest BCUT2D eigenvalue weighted by molar-refractivity contribution is 1.07. The van der Waals surface area contributed by atoms with E-state index >= 15 is 0 Å². The van der Waals surface area contributed by atoms with Gasteiger partial charge in [0, 0.05) is 106 Å². The van der Waals surface area contributed by atoms with Crippen LogP contribution < -0.4 is 0 Å². The molecule has 23 rings (SSSR count). The van der Waals surface area contributed by atoms with Gasteiger partial charge in [0.05, 0.1) is 33.8 Å². The van der Waals surface area contributed by atoms with E-state index in [0.29, 0.717) is 23.3 Å². The van der Waals surface area contributed by atoms with E-state index in [-0.39, 0.29) is 0 Å². The molecule has 7 nitrogen and oxygen atoms in total. The number of aromatic nitrogens is 7. The molecule has 0 saturated heterocycles. The Balaban J connectivity index is 0.561. The zero-order valence-electron chi connectivity index (χ0n) is 64.6. The molecule has 0 aliphatic rings. The second-order valence-corrected chi connectivity index (χ2v) is 32.7. The van der Waals surface area contributed by atoms with E-state index in [1.165, 1.54) is 45.7 Å². The molecule has 0 amide bonds. The summed E-state index contributed by atoms with van der Waals surface area (Å²) < 4.78 is 4.96. The van der Waals surface area contributed by atoms with E-state index in [1.807, 2.05) is 53.0 Å². The number of nitrogens with zero attached hydrogens (tertiary/aromatic N) is 7. The smallest absolute Gasteiger partial charge is 0.164 e. The fourth-order valence-corrected chi connectivity index (χ4v) is 19.8. The Morgan fingerprint density at radius 3 is 1.00 bits per heavy atom. The minimum atomic E-state index is 0.597. The van der Waals surface area contributed by atoms with Crippen molar-refractivity contribution in [1.82, 2.24) is 34.9 Å². The zero-order chi connectivity index (χ0) is 79.1. The summed E-state index contributed by atoms with van der Waals surface area (Å²) in [6.07, 6.45) is 0. The van der Waals surface area contributed by atoms with Gasteiger partial charge in [-0.3, -0.25) is 0 Å². The Labute approximate surface area is 700 Å². The van der Waals surface area contributed by atoms with Crippen LogP contribution in [-0.4, -0.2) is 34.9 Å². The van der Waals surface area contributed by atoms with Crippen molar-refractivity contribution in [2.75, 3.05) is 0 Å². The van der Waals surface area contributed by atoms with Gasteiger partial charge in [0.15, 0.2) is 23.3 Å². The number of thiophene rings is 2. The molecule has 558 valence electrons. The van der Waals surface area contributed by atoms with Crippen LogP contribution in [0.2, 0.25) is 0 Å². The first-order chi connectivity index (χ1) is 59.4. The Kier molecular flexibility index (Phi) is 17.2. The van der Waals surface area contributed by atoms with Gasteiger partial charge in [-0.2, -0.15) is 0 Å². The van der Waals surface area contributed by atoms with Gasteiger partial charge in [0.1, 0.15) is 0 Å². The summed E-state index contributed by atoms with van der Waals surface area (Å²) in [6.45, 7) is 0. The third-order valence-electron chi connectivity index (χ3n) is 23.4. The topological polar surface area (TPSA) is 90.2 Å². The van der Waals surface area contributed by atoms with Crippen LogP contribution in [0.3, 0.4) is 0 Å². The Morgan fingerprint density at radius 1 is 0.167 bits per heavy atom. The van der Waals surface area contributed by atoms with Crippen LogP contribution >= 0.6 is 22.7 Å². The van der Waals surface area contributed by atoms with Gasteiger partial charge in [-0.25, -0.2) is 34.9 Å². The van der Waals surface area contributed by atoms with Crippen LogP contribution in [0.1, 0.15) is 0 Å². The van der Waals surface area contributed by atoms with Crippen molar-refractivity contribution in [3.63, 3.8) is 0 Å². The number of rotatable bonds is 14. The summed E-state index contributed by atoms with van der Waals surface area (Å²) in [4.78, 5) is 37.5. The van der Waals surface area contributed by atoms with Crippen molar-refractivity contribution in [2.24, 2.45) is 0 Å². The van der Waals surface area contributed by atoms with E-state index in [9.17, 15) is 0 Å². The first-order valence-corrected chi connectivity index (χ1v) is 42.0. The van der Waals surface area contributed by atoms with Crippen molar-refractivity contribution < 1.29 is 0 Å². The second-order valence-electron chi connectivity index (χ2n) is 30.6. The first-order valence-electron chi connectivity index (χ1n) is 40.4. The molecule has 0 N–H and O–H groups in total. The molecule has 0 aliphatic heterocycles. The lowest BCUT2D eigenvalue weighted by Crippen LogP contribution is -2.00. The van der Waals surface area contributed by atoms with Crippen LogP contribution in [0.25, 0.3) is 241 Å². The standard InChI is InChI=1S/C111H67N7S2/c1-4-21-68(22-5-1)70-45-53-77(54-46-70)109-116-110(78-55-47-71(48-56-78)69-23-6-2-7-24-69)118-111(117-109)79-57-49-73(50-58-79)81-29-19-35-87(66-81)103-101-93-38-13-15-42-99(93)120-107(101)95-62-61-90-88(39-20-40-91(90)105(95)115-103)84-32-16-30-82(63-84)83-31-17-33-85(64-83)97-67-96(112-108(113-97)76-26-8-3-9-27-76)75-51-43-72(44-52-75)80-28-18-34-86(65-80)102-100-92-37-12-14-41-98(92)119-106(100)94-60-59-74-25-10-11-36-89(74)104(94)114-102/h1-67H. The third kappa shape index (κ3) is 12.6. The average molecular weight is 1560 g/mol. The minimum absolute atomic E-state index is 0.597. The highest BCUT2D eigenvalue weighted by Gasteiger charge is 2.24. The van der Waals surface area contributed by atoms with E-state index in [1.54, 1.807) is 0 Å². The van der Waals surface area contributed by atoms with Gasteiger partial charge in [-0.05, 0) is 120 Å². The molecule has 0 spiro atoms. The fraction of sp³-hybridized carbons (Fsp3) is 0. The quantitative estimate of drug-likeness (QED) is 0.100. The van der Waals surface area contributed by atoms with Gasteiger partial charge in [0.25, 0.3) is 0 Å². The summed E-state index contributed by atoms with van der Waals surface area (Å²) in [5.74, 6) is 2.47. The monoisotopic (exact) mass is 1560 g/mol. The molecule has 0 saturated carbocycles. The molecule has 9 heteroatoms. The van der Waals surface area contributed by atoms with Crippen molar-refractivity contribution in [3.05, 3.63) is 406 Å². The van der Waals surface area contributed by atoms with Crippen LogP contribution in [-0.2, 0) is 0 Å². The molecule has 23 aromatic rings. The Morgan fingerprint density at radius 2 is 0.483 bits per heavy atom. The molecule has 0 fully saturated rings. The van der Waals surface area contributed by atoms with E-state index < -0.39 is 0 Å². The number of fused-ring (bicyclic) bond motifs is 14. The molecule has 17 aromatic carbocycles. The highest BCUT2D eigenvalue weighted by Crippen LogP contribution is 2.49. The van der Waals surface area contributed by atoms with Crippen LogP contribution in [0.4, 0.5) is 0 Å². The van der Waals surface area contributed by atoms with Gasteiger partial charge in [-0.15, -0.1) is 22.7 Å². The lowest BCUT2D eigenvalue weighted by atomic mass is 9.93. The molecular weight excluding hydrogens is 1500 g/mol. The maximum atomic E-state index is 5.84. The van der Waals surface area contributed by atoms with E-state index in [0.717, 1.165) is 172 Å². The number of benzene rings is 17. The van der Waals surface area contributed by atoms with Crippen molar-refractivity contribution >= 4 is 106 Å². The highest BCUT2D eigenvalue weighted by molar-refractivity contribution is 7.27. The minimum Gasteiger partial charge on any atom is -0.246 e. The third-order valence-corrected chi connectivity index (χ3v) is 25.8. The van der Waals surface area contributed by atoms with E-state index in [2.05, 4.69) is 376 Å². The largest absolute Gasteiger partial charge is 0.246 e. The number of hydrogen-bond acceptors (Lipinski definition) is 9. The Hall–Kier alpha value is -15.4. The zero-order valence-corrected chi connectivity index (χ0v) is 66.3. The van der Waals surface area contributed by atoms with Crippen LogP contribution in [0, 0.1) is 0 Å². The molecule has 120 heavy (non-hydrogen) atoms. The predicted molar refractivity (Wildman–Crippen MR) is 503 cm³/mol. The molecule has 0 atom stereocenters. The number of hydrogen-bond donors (Lipinski definition) is 0. The Bertz CT molecular complexity index is 7890. The van der Waals surface area contributed by atoms with Crippen molar-refractivity contribution in [3.8, 4) is 157 Å². The van der Waals surface area contributed by atoms with Crippen LogP contribution in [0.5, 0.6) is 0 Å². The SMILES string of the molecule is c1ccc(-c2ccc(-c3nc(-c4ccc(-c5ccccc5)cc4)nc(-c4ccc(-c5cccc(-c6nc7c8cccc(-c9cccc(-c%10cccc(-c%11cc(-c%12ccc(-c%13cccc(-c%14nc%15c%16ccccc%16ccc%15c%15sc%16ccccc%16c%14%15)c%13)cc%12)nc(-c%12ccccc%12)n%11)c%10)c9)c8ccc7c7sc8ccccc8c67)c5)cc4)n3)cc2)cc1. The van der Waals surface area contributed by atoms with Gasteiger partial charge < -0.3 is 0 Å². The summed E-state index contributed by atoms with van der Waals surface area (Å²) in [7, 11) is 0. The normalized spacial score (nSPS) is 11.7. The number of pyridine rings is 2. The maximum Gasteiger partial charge on any atom is 0.164 e. The molecule has 0 unspecified atom stereocenters. The summed E-state index contributed by atoms with van der Waals surface area (Å²) >= 11 is 3.69. The molecule has 0 bridgehead atoms. The molecular formula is C111H67N7S2. The van der Waals surface area contributed by atoms with Crippen molar-refractivity contribution in [1.29, 1.82) is 0 Å². The maximum absolute atomic E-state index is 5.84. The summed E-state index contributed by atoms with van der Waals surface area (Å²) in [5.41, 5.74) is 26.7. The fourth-order valence-electron chi connectivity index (χ4n) is 17.3. The van der Waals surface area contributed by atoms with Gasteiger partial charge >= 0.3 is 0 Å². The van der Waals surface area contributed by atoms with Gasteiger partial charge in [-0.1, -0.05) is 364 Å². The highest BCUT2D eigenvalue weighted by atomic mass is 32.1.